The third-order valence-corrected chi connectivity index (χ3v) is 7.18. The molecule has 1 saturated carbocycles. The number of alkyl halides is 4. The SMILES string of the molecule is Cc1cc(N2C[C@H]3CC[C@@H](C2)C3Cc2nc3c(OC(F)C(F)(F)F)cccn3n2)sn1. The van der Waals surface area contributed by atoms with Crippen molar-refractivity contribution in [2.45, 2.75) is 38.7 Å². The van der Waals surface area contributed by atoms with Crippen molar-refractivity contribution in [2.75, 3.05) is 18.0 Å². The van der Waals surface area contributed by atoms with Crippen molar-refractivity contribution >= 4 is 22.2 Å². The first-order chi connectivity index (χ1) is 14.8. The van der Waals surface area contributed by atoms with Gasteiger partial charge in [0.05, 0.1) is 5.69 Å². The van der Waals surface area contributed by atoms with E-state index in [1.165, 1.54) is 33.2 Å². The number of anilines is 1. The van der Waals surface area contributed by atoms with Crippen molar-refractivity contribution in [2.24, 2.45) is 17.8 Å². The van der Waals surface area contributed by atoms with Gasteiger partial charge in [-0.1, -0.05) is 0 Å². The average molecular weight is 455 g/mol. The van der Waals surface area contributed by atoms with Crippen LogP contribution in [-0.2, 0) is 6.42 Å². The van der Waals surface area contributed by atoms with E-state index < -0.39 is 12.5 Å². The maximum Gasteiger partial charge on any atom is 0.457 e. The maximum atomic E-state index is 13.4. The van der Waals surface area contributed by atoms with E-state index in [4.69, 9.17) is 0 Å². The first-order valence-corrected chi connectivity index (χ1v) is 11.0. The second-order valence-corrected chi connectivity index (χ2v) is 9.10. The molecule has 0 aromatic carbocycles. The van der Waals surface area contributed by atoms with Crippen LogP contribution in [0.4, 0.5) is 22.6 Å². The molecule has 11 heteroatoms. The third-order valence-electron chi connectivity index (χ3n) is 6.23. The predicted octanol–water partition coefficient (Wildman–Crippen LogP) is 4.44. The molecule has 2 bridgehead atoms. The van der Waals surface area contributed by atoms with Gasteiger partial charge in [-0.25, -0.2) is 9.50 Å². The van der Waals surface area contributed by atoms with Crippen LogP contribution in [0.1, 0.15) is 24.4 Å². The summed E-state index contributed by atoms with van der Waals surface area (Å²) in [4.78, 5) is 6.80. The van der Waals surface area contributed by atoms with Crippen molar-refractivity contribution < 1.29 is 22.3 Å². The summed E-state index contributed by atoms with van der Waals surface area (Å²) >= 11 is 1.53. The van der Waals surface area contributed by atoms with Crippen LogP contribution in [0.2, 0.25) is 0 Å². The predicted molar refractivity (Wildman–Crippen MR) is 107 cm³/mol. The van der Waals surface area contributed by atoms with Crippen molar-refractivity contribution in [3.63, 3.8) is 0 Å². The fourth-order valence-corrected chi connectivity index (χ4v) is 5.62. The van der Waals surface area contributed by atoms with Crippen LogP contribution in [0.3, 0.4) is 0 Å². The second kappa shape index (κ2) is 7.61. The second-order valence-electron chi connectivity index (χ2n) is 8.32. The molecule has 1 saturated heterocycles. The molecule has 6 nitrogen and oxygen atoms in total. The molecule has 0 amide bonds. The highest BCUT2D eigenvalue weighted by Gasteiger charge is 2.44. The lowest BCUT2D eigenvalue weighted by Crippen LogP contribution is -2.42. The van der Waals surface area contributed by atoms with E-state index in [1.807, 2.05) is 6.92 Å². The molecule has 4 heterocycles. The molecule has 4 atom stereocenters. The molecular formula is C20H21F4N5OS. The zero-order chi connectivity index (χ0) is 21.8. The quantitative estimate of drug-likeness (QED) is 0.533. The highest BCUT2D eigenvalue weighted by Crippen LogP contribution is 2.45. The van der Waals surface area contributed by atoms with Crippen LogP contribution in [-0.4, -0.2) is 44.6 Å². The molecule has 0 spiro atoms. The molecule has 166 valence electrons. The van der Waals surface area contributed by atoms with Gasteiger partial charge in [0, 0.05) is 25.7 Å². The summed E-state index contributed by atoms with van der Waals surface area (Å²) in [5.74, 6) is 1.69. The topological polar surface area (TPSA) is 55.6 Å². The van der Waals surface area contributed by atoms with Crippen molar-refractivity contribution in [1.29, 1.82) is 0 Å². The summed E-state index contributed by atoms with van der Waals surface area (Å²) in [6.45, 7) is 3.91. The zero-order valence-electron chi connectivity index (χ0n) is 16.7. The van der Waals surface area contributed by atoms with Gasteiger partial charge in [-0.15, -0.1) is 0 Å². The highest BCUT2D eigenvalue weighted by molar-refractivity contribution is 7.10. The van der Waals surface area contributed by atoms with Gasteiger partial charge in [-0.3, -0.25) is 0 Å². The van der Waals surface area contributed by atoms with Gasteiger partial charge in [0.15, 0.2) is 17.2 Å². The Kier molecular flexibility index (Phi) is 5.03. The average Bonchev–Trinajstić information content (AvgIpc) is 3.38. The summed E-state index contributed by atoms with van der Waals surface area (Å²) in [7, 11) is 0. The minimum absolute atomic E-state index is 0.0920. The van der Waals surface area contributed by atoms with Gasteiger partial charge in [-0.05, 0) is 67.3 Å². The highest BCUT2D eigenvalue weighted by atomic mass is 32.1. The Balaban J connectivity index is 1.33. The monoisotopic (exact) mass is 455 g/mol. The molecule has 3 aromatic rings. The van der Waals surface area contributed by atoms with Crippen molar-refractivity contribution in [1.82, 2.24) is 19.0 Å². The Morgan fingerprint density at radius 1 is 1.26 bits per heavy atom. The number of nitrogens with zero attached hydrogens (tertiary/aromatic N) is 5. The molecule has 5 rings (SSSR count). The van der Waals surface area contributed by atoms with Crippen LogP contribution in [0.25, 0.3) is 5.65 Å². The molecule has 2 aliphatic rings. The number of halogens is 4. The van der Waals surface area contributed by atoms with E-state index in [0.717, 1.165) is 31.6 Å². The molecule has 3 aromatic heterocycles. The van der Waals surface area contributed by atoms with E-state index in [2.05, 4.69) is 30.2 Å². The molecule has 1 aliphatic heterocycles. The number of hydrogen-bond acceptors (Lipinski definition) is 6. The smallest absolute Gasteiger partial charge is 0.448 e. The standard InChI is InChI=1S/C20H21F4N5OS/c1-11-7-17(31-27-11)28-9-12-4-5-13(10-28)14(12)8-16-25-18-15(3-2-6-29(18)26-16)30-19(21)20(22,23)24/h2-3,6-7,12-14,19H,4-5,8-10H2,1H3/t12-,13+,14?,19?. The summed E-state index contributed by atoms with van der Waals surface area (Å²) in [5, 5.41) is 5.61. The number of hydrogen-bond donors (Lipinski definition) is 0. The number of pyridine rings is 1. The number of fused-ring (bicyclic) bond motifs is 3. The first-order valence-electron chi connectivity index (χ1n) is 10.2. The largest absolute Gasteiger partial charge is 0.457 e. The van der Waals surface area contributed by atoms with Crippen LogP contribution in [0, 0.1) is 24.7 Å². The van der Waals surface area contributed by atoms with Gasteiger partial charge >= 0.3 is 12.5 Å². The number of aromatic nitrogens is 4. The summed E-state index contributed by atoms with van der Waals surface area (Å²) in [6, 6.07) is 4.85. The Morgan fingerprint density at radius 3 is 2.65 bits per heavy atom. The number of ether oxygens (including phenoxy) is 1. The Labute approximate surface area is 180 Å². The number of piperidine rings is 1. The first kappa shape index (κ1) is 20.5. The maximum absolute atomic E-state index is 13.4. The van der Waals surface area contributed by atoms with Gasteiger partial charge in [0.1, 0.15) is 5.00 Å². The fraction of sp³-hybridized carbons (Fsp3) is 0.550. The third kappa shape index (κ3) is 3.95. The molecular weight excluding hydrogens is 434 g/mol. The lowest BCUT2D eigenvalue weighted by atomic mass is 9.82. The minimum atomic E-state index is -5.10. The normalized spacial score (nSPS) is 24.7. The Hall–Kier alpha value is -2.43. The lowest BCUT2D eigenvalue weighted by Gasteiger charge is -2.38. The van der Waals surface area contributed by atoms with Gasteiger partial charge in [-0.2, -0.15) is 27.0 Å². The van der Waals surface area contributed by atoms with E-state index >= 15 is 0 Å². The van der Waals surface area contributed by atoms with E-state index in [1.54, 1.807) is 6.20 Å². The van der Waals surface area contributed by atoms with Crippen LogP contribution in [0.15, 0.2) is 24.4 Å². The fourth-order valence-electron chi connectivity index (χ4n) is 4.84. The number of rotatable bonds is 5. The molecule has 0 radical (unpaired) electrons. The molecule has 1 aliphatic carbocycles. The molecule has 0 N–H and O–H groups in total. The zero-order valence-corrected chi connectivity index (χ0v) is 17.5. The van der Waals surface area contributed by atoms with Gasteiger partial charge in [0.2, 0.25) is 0 Å². The van der Waals surface area contributed by atoms with Crippen LogP contribution in [0.5, 0.6) is 5.75 Å². The molecule has 2 fully saturated rings. The van der Waals surface area contributed by atoms with Crippen molar-refractivity contribution in [3.05, 3.63) is 35.9 Å². The van der Waals surface area contributed by atoms with Crippen LogP contribution >= 0.6 is 11.5 Å². The van der Waals surface area contributed by atoms with E-state index in [0.29, 0.717) is 30.0 Å². The van der Waals surface area contributed by atoms with E-state index in [9.17, 15) is 17.6 Å². The Morgan fingerprint density at radius 2 is 2.00 bits per heavy atom. The van der Waals surface area contributed by atoms with Gasteiger partial charge < -0.3 is 9.64 Å². The van der Waals surface area contributed by atoms with Gasteiger partial charge in [0.25, 0.3) is 0 Å². The van der Waals surface area contributed by atoms with Crippen molar-refractivity contribution in [3.8, 4) is 5.75 Å². The summed E-state index contributed by atoms with van der Waals surface area (Å²) < 4.78 is 61.2. The summed E-state index contributed by atoms with van der Waals surface area (Å²) in [5.41, 5.74) is 1.12. The molecule has 31 heavy (non-hydrogen) atoms. The minimum Gasteiger partial charge on any atom is -0.448 e. The lowest BCUT2D eigenvalue weighted by molar-refractivity contribution is -0.236. The van der Waals surface area contributed by atoms with Crippen LogP contribution < -0.4 is 9.64 Å². The molecule has 2 unspecified atom stereocenters. The summed E-state index contributed by atoms with van der Waals surface area (Å²) in [6.07, 6.45) is -4.01. The van der Waals surface area contributed by atoms with E-state index in [-0.39, 0.29) is 11.4 Å². The number of aryl methyl sites for hydroxylation is 1. The Bertz CT molecular complexity index is 1070.